The zero-order valence-electron chi connectivity index (χ0n) is 20.5. The third kappa shape index (κ3) is 4.08. The molecule has 200 valence electrons. The summed E-state index contributed by atoms with van der Waals surface area (Å²) in [4.78, 5) is 45.4. The van der Waals surface area contributed by atoms with Gasteiger partial charge in [0, 0.05) is 50.7 Å². The van der Waals surface area contributed by atoms with Gasteiger partial charge in [-0.05, 0) is 30.5 Å². The van der Waals surface area contributed by atoms with E-state index in [9.17, 15) is 27.6 Å². The summed E-state index contributed by atoms with van der Waals surface area (Å²) in [6, 6.07) is 11.0. The molecule has 1 amide bonds. The molecule has 38 heavy (non-hydrogen) atoms. The van der Waals surface area contributed by atoms with Crippen molar-refractivity contribution in [2.45, 2.75) is 55.4 Å². The number of hydrogen-bond acceptors (Lipinski definition) is 7. The van der Waals surface area contributed by atoms with Gasteiger partial charge in [0.15, 0.2) is 5.60 Å². The quantitative estimate of drug-likeness (QED) is 0.561. The van der Waals surface area contributed by atoms with Crippen molar-refractivity contribution in [1.29, 1.82) is 0 Å². The average molecular weight is 530 g/mol. The third-order valence-corrected chi connectivity index (χ3v) is 8.18. The van der Waals surface area contributed by atoms with E-state index in [1.807, 2.05) is 29.2 Å². The minimum atomic E-state index is -4.99. The average Bonchev–Trinajstić information content (AvgIpc) is 3.54. The fourth-order valence-electron chi connectivity index (χ4n) is 5.94. The first-order chi connectivity index (χ1) is 18.1. The number of anilines is 1. The highest BCUT2D eigenvalue weighted by atomic mass is 19.4. The Morgan fingerprint density at radius 2 is 1.76 bits per heavy atom. The molecule has 0 radical (unpaired) electrons. The second kappa shape index (κ2) is 8.71. The van der Waals surface area contributed by atoms with E-state index in [1.54, 1.807) is 23.2 Å². The lowest BCUT2D eigenvalue weighted by Gasteiger charge is -2.32. The van der Waals surface area contributed by atoms with Crippen LogP contribution in [-0.4, -0.2) is 66.2 Å². The van der Waals surface area contributed by atoms with E-state index in [0.29, 0.717) is 56.8 Å². The number of alkyl halides is 3. The van der Waals surface area contributed by atoms with Crippen molar-refractivity contribution in [2.75, 3.05) is 31.1 Å². The Hall–Kier alpha value is -3.63. The number of esters is 2. The molecule has 1 spiro atoms. The van der Waals surface area contributed by atoms with Crippen LogP contribution in [0, 0.1) is 0 Å². The smallest absolute Gasteiger partial charge is 0.456 e. The Labute approximate surface area is 216 Å². The van der Waals surface area contributed by atoms with Crippen molar-refractivity contribution in [3.05, 3.63) is 59.3 Å². The Bertz CT molecular complexity index is 1290. The van der Waals surface area contributed by atoms with Crippen LogP contribution in [0.5, 0.6) is 0 Å². The lowest BCUT2D eigenvalue weighted by Crippen LogP contribution is -2.41. The minimum absolute atomic E-state index is 0.0108. The van der Waals surface area contributed by atoms with E-state index >= 15 is 0 Å². The van der Waals surface area contributed by atoms with Crippen molar-refractivity contribution in [3.63, 3.8) is 0 Å². The fourth-order valence-corrected chi connectivity index (χ4v) is 5.94. The predicted molar refractivity (Wildman–Crippen MR) is 127 cm³/mol. The molecule has 0 N–H and O–H groups in total. The number of hydrogen-bond donors (Lipinski definition) is 0. The maximum absolute atomic E-state index is 13.7. The van der Waals surface area contributed by atoms with Crippen molar-refractivity contribution in [2.24, 2.45) is 0 Å². The molecule has 2 saturated heterocycles. The Balaban J connectivity index is 1.10. The zero-order chi connectivity index (χ0) is 26.7. The van der Waals surface area contributed by atoms with Crippen LogP contribution >= 0.6 is 0 Å². The SMILES string of the molecule is O=C1O[C@]2(CCN(C(=O)C3(c4ccc(N5CCC(OC(=O)C(F)(F)F)CC5)nc4)CC3)C2)c2ccccc21. The number of rotatable bonds is 4. The first-order valence-electron chi connectivity index (χ1n) is 12.7. The molecule has 0 bridgehead atoms. The molecule has 3 aliphatic heterocycles. The number of amides is 1. The van der Waals surface area contributed by atoms with Crippen LogP contribution in [0.15, 0.2) is 42.6 Å². The monoisotopic (exact) mass is 529 g/mol. The van der Waals surface area contributed by atoms with E-state index in [-0.39, 0.29) is 24.7 Å². The second-order valence-electron chi connectivity index (χ2n) is 10.5. The van der Waals surface area contributed by atoms with Gasteiger partial charge < -0.3 is 19.3 Å². The summed E-state index contributed by atoms with van der Waals surface area (Å²) in [5.74, 6) is -1.83. The summed E-state index contributed by atoms with van der Waals surface area (Å²) in [5.41, 5.74) is 0.795. The first-order valence-corrected chi connectivity index (χ1v) is 12.7. The number of benzene rings is 1. The largest absolute Gasteiger partial charge is 0.490 e. The summed E-state index contributed by atoms with van der Waals surface area (Å²) in [6.07, 6.45) is -1.54. The maximum atomic E-state index is 13.7. The molecule has 8 nitrogen and oxygen atoms in total. The highest BCUT2D eigenvalue weighted by molar-refractivity contribution is 5.96. The summed E-state index contributed by atoms with van der Waals surface area (Å²) in [5, 5.41) is 0. The molecule has 1 aromatic carbocycles. The number of carbonyl (C=O) groups is 3. The Kier molecular flexibility index (Phi) is 5.66. The molecular formula is C27H26F3N3O5. The molecule has 1 aliphatic carbocycles. The topological polar surface area (TPSA) is 89.0 Å². The molecular weight excluding hydrogens is 503 g/mol. The molecule has 4 heterocycles. The zero-order valence-corrected chi connectivity index (χ0v) is 20.5. The van der Waals surface area contributed by atoms with Gasteiger partial charge in [-0.15, -0.1) is 0 Å². The second-order valence-corrected chi connectivity index (χ2v) is 10.5. The molecule has 4 aliphatic rings. The van der Waals surface area contributed by atoms with Gasteiger partial charge in [-0.3, -0.25) is 4.79 Å². The van der Waals surface area contributed by atoms with E-state index < -0.39 is 29.3 Å². The number of nitrogens with zero attached hydrogens (tertiary/aromatic N) is 3. The summed E-state index contributed by atoms with van der Waals surface area (Å²) in [7, 11) is 0. The summed E-state index contributed by atoms with van der Waals surface area (Å²) >= 11 is 0. The highest BCUT2D eigenvalue weighted by Gasteiger charge is 2.58. The van der Waals surface area contributed by atoms with Crippen LogP contribution in [0.25, 0.3) is 0 Å². The first kappa shape index (κ1) is 24.7. The predicted octanol–water partition coefficient (Wildman–Crippen LogP) is 3.49. The maximum Gasteiger partial charge on any atom is 0.490 e. The molecule has 0 unspecified atom stereocenters. The number of piperidine rings is 1. The van der Waals surface area contributed by atoms with E-state index in [0.717, 1.165) is 11.1 Å². The number of pyridine rings is 1. The normalized spacial score (nSPS) is 24.3. The van der Waals surface area contributed by atoms with Crippen molar-refractivity contribution < 1.29 is 37.0 Å². The molecule has 1 saturated carbocycles. The van der Waals surface area contributed by atoms with Crippen LogP contribution in [0.1, 0.15) is 53.6 Å². The molecule has 11 heteroatoms. The summed E-state index contributed by atoms with van der Waals surface area (Å²) in [6.45, 7) is 1.64. The van der Waals surface area contributed by atoms with Gasteiger partial charge in [0.05, 0.1) is 17.5 Å². The summed E-state index contributed by atoms with van der Waals surface area (Å²) < 4.78 is 47.7. The van der Waals surface area contributed by atoms with Gasteiger partial charge in [0.1, 0.15) is 11.9 Å². The molecule has 1 aromatic heterocycles. The third-order valence-electron chi connectivity index (χ3n) is 8.18. The van der Waals surface area contributed by atoms with Crippen molar-refractivity contribution in [1.82, 2.24) is 9.88 Å². The number of ether oxygens (including phenoxy) is 2. The van der Waals surface area contributed by atoms with E-state index in [1.165, 1.54) is 0 Å². The Morgan fingerprint density at radius 3 is 2.42 bits per heavy atom. The molecule has 6 rings (SSSR count). The van der Waals surface area contributed by atoms with Gasteiger partial charge in [-0.25, -0.2) is 14.6 Å². The standard InChI is InChI=1S/C27H26F3N3O5/c28-27(29,30)24(36)37-18-7-12-32(13-8-18)21-6-5-17(15-31-21)25(9-10-25)23(35)33-14-11-26(16-33)20-4-2-1-3-19(20)22(34)38-26/h1-6,15,18H,7-14,16H2/t26-/m0/s1. The van der Waals surface area contributed by atoms with Crippen molar-refractivity contribution >= 4 is 23.7 Å². The van der Waals surface area contributed by atoms with Gasteiger partial charge in [-0.2, -0.15) is 13.2 Å². The van der Waals surface area contributed by atoms with Crippen LogP contribution < -0.4 is 4.90 Å². The fraction of sp³-hybridized carbons (Fsp3) is 0.481. The minimum Gasteiger partial charge on any atom is -0.456 e. The lowest BCUT2D eigenvalue weighted by atomic mass is 9.91. The molecule has 3 fully saturated rings. The number of carbonyl (C=O) groups excluding carboxylic acids is 3. The number of likely N-dealkylation sites (tertiary alicyclic amines) is 1. The van der Waals surface area contributed by atoms with E-state index in [2.05, 4.69) is 9.72 Å². The van der Waals surface area contributed by atoms with Crippen LogP contribution in [0.3, 0.4) is 0 Å². The van der Waals surface area contributed by atoms with Crippen LogP contribution in [0.4, 0.5) is 19.0 Å². The van der Waals surface area contributed by atoms with E-state index in [4.69, 9.17) is 4.74 Å². The Morgan fingerprint density at radius 1 is 1.03 bits per heavy atom. The van der Waals surface area contributed by atoms with Gasteiger partial charge in [0.25, 0.3) is 0 Å². The van der Waals surface area contributed by atoms with Crippen LogP contribution in [-0.2, 0) is 30.1 Å². The van der Waals surface area contributed by atoms with Crippen molar-refractivity contribution in [3.8, 4) is 0 Å². The highest BCUT2D eigenvalue weighted by Crippen LogP contribution is 2.52. The van der Waals surface area contributed by atoms with Gasteiger partial charge in [0.2, 0.25) is 5.91 Å². The van der Waals surface area contributed by atoms with Gasteiger partial charge >= 0.3 is 18.1 Å². The number of halogens is 3. The molecule has 1 atom stereocenters. The molecule has 2 aromatic rings. The number of aromatic nitrogens is 1. The van der Waals surface area contributed by atoms with Gasteiger partial charge in [-0.1, -0.05) is 24.3 Å². The lowest BCUT2D eigenvalue weighted by molar-refractivity contribution is -0.205. The number of fused-ring (bicyclic) bond motifs is 2. The van der Waals surface area contributed by atoms with Crippen LogP contribution in [0.2, 0.25) is 0 Å².